The Kier molecular flexibility index (Phi) is 7.32. The van der Waals surface area contributed by atoms with Crippen LogP contribution in [-0.4, -0.2) is 63.6 Å². The molecule has 4 aromatic rings. The Labute approximate surface area is 225 Å². The molecule has 3 aromatic heterocycles. The van der Waals surface area contributed by atoms with Crippen molar-refractivity contribution in [1.29, 1.82) is 0 Å². The van der Waals surface area contributed by atoms with E-state index in [0.29, 0.717) is 5.65 Å². The van der Waals surface area contributed by atoms with Gasteiger partial charge in [-0.25, -0.2) is 23.7 Å². The van der Waals surface area contributed by atoms with Crippen LogP contribution < -0.4 is 15.0 Å². The topological polar surface area (TPSA) is 88.4 Å². The van der Waals surface area contributed by atoms with E-state index in [4.69, 9.17) is 4.74 Å². The number of ether oxygens (including phenoxy) is 1. The monoisotopic (exact) mass is 535 g/mol. The van der Waals surface area contributed by atoms with Crippen molar-refractivity contribution in [3.05, 3.63) is 66.3 Å². The van der Waals surface area contributed by atoms with Crippen LogP contribution in [0.1, 0.15) is 43.1 Å². The fourth-order valence-corrected chi connectivity index (χ4v) is 4.82. The van der Waals surface area contributed by atoms with E-state index >= 15 is 4.39 Å². The summed E-state index contributed by atoms with van der Waals surface area (Å²) in [5.41, 5.74) is 0.745. The molecule has 1 aromatic carbocycles. The number of pyridine rings is 1. The second-order valence-electron chi connectivity index (χ2n) is 10.1. The average molecular weight is 536 g/mol. The summed E-state index contributed by atoms with van der Waals surface area (Å²) in [6.45, 7) is 5.45. The SMILES string of the molecule is CC(C)Oc1ccc(N2CCC(n3cc(F)c4c(Nc5ccc(C(=O)N(C)C)cc5F)ncnc43)CC2)nc1. The molecule has 5 rings (SSSR count). The van der Waals surface area contributed by atoms with Gasteiger partial charge in [-0.05, 0) is 57.0 Å². The quantitative estimate of drug-likeness (QED) is 0.349. The Morgan fingerprint density at radius 2 is 1.85 bits per heavy atom. The summed E-state index contributed by atoms with van der Waals surface area (Å²) in [4.78, 5) is 28.8. The number of rotatable bonds is 7. The Hall–Kier alpha value is -4.28. The molecule has 0 aliphatic carbocycles. The lowest BCUT2D eigenvalue weighted by Gasteiger charge is -2.33. The summed E-state index contributed by atoms with van der Waals surface area (Å²) >= 11 is 0. The number of anilines is 3. The summed E-state index contributed by atoms with van der Waals surface area (Å²) in [7, 11) is 3.19. The number of hydrogen-bond acceptors (Lipinski definition) is 7. The van der Waals surface area contributed by atoms with Gasteiger partial charge in [0.25, 0.3) is 5.91 Å². The zero-order chi connectivity index (χ0) is 27.7. The molecule has 1 saturated heterocycles. The van der Waals surface area contributed by atoms with Gasteiger partial charge >= 0.3 is 0 Å². The summed E-state index contributed by atoms with van der Waals surface area (Å²) in [5, 5.41) is 3.07. The van der Waals surface area contributed by atoms with Crippen molar-refractivity contribution in [3.8, 4) is 5.75 Å². The number of amides is 1. The molecule has 1 amide bonds. The maximum atomic E-state index is 15.2. The standard InChI is InChI=1S/C28H31F2N7O2/c1-17(2)39-20-6-8-24(31-14-20)36-11-9-19(10-12-36)37-15-22(30)25-26(32-16-33-27(25)37)34-23-7-5-18(13-21(23)29)28(38)35(3)4/h5-8,13-17,19H,9-12H2,1-4H3,(H,32,33,34). The molecule has 0 spiro atoms. The summed E-state index contributed by atoms with van der Waals surface area (Å²) < 4.78 is 37.6. The van der Waals surface area contributed by atoms with Gasteiger partial charge in [0.1, 0.15) is 35.2 Å². The second-order valence-corrected chi connectivity index (χ2v) is 10.1. The van der Waals surface area contributed by atoms with Gasteiger partial charge in [0.05, 0.1) is 23.4 Å². The first-order valence-electron chi connectivity index (χ1n) is 12.9. The number of aromatic nitrogens is 4. The zero-order valence-electron chi connectivity index (χ0n) is 22.4. The van der Waals surface area contributed by atoms with Crippen LogP contribution in [-0.2, 0) is 0 Å². The van der Waals surface area contributed by atoms with Gasteiger partial charge in [0, 0.05) is 45.0 Å². The third-order valence-corrected chi connectivity index (χ3v) is 6.71. The largest absolute Gasteiger partial charge is 0.489 e. The number of halogens is 2. The van der Waals surface area contributed by atoms with Gasteiger partial charge in [-0.2, -0.15) is 0 Å². The van der Waals surface area contributed by atoms with Crippen molar-refractivity contribution in [3.63, 3.8) is 0 Å². The molecule has 1 aliphatic heterocycles. The molecular weight excluding hydrogens is 504 g/mol. The fraction of sp³-hybridized carbons (Fsp3) is 0.357. The van der Waals surface area contributed by atoms with Crippen LogP contribution in [0.5, 0.6) is 5.75 Å². The second kappa shape index (κ2) is 10.8. The van der Waals surface area contributed by atoms with E-state index < -0.39 is 11.6 Å². The molecule has 0 saturated carbocycles. The predicted octanol–water partition coefficient (Wildman–Crippen LogP) is 5.18. The predicted molar refractivity (Wildman–Crippen MR) is 146 cm³/mol. The number of piperidine rings is 1. The molecule has 0 radical (unpaired) electrons. The first kappa shape index (κ1) is 26.3. The van der Waals surface area contributed by atoms with Crippen LogP contribution in [0.2, 0.25) is 0 Å². The Bertz CT molecular complexity index is 1480. The van der Waals surface area contributed by atoms with Crippen molar-refractivity contribution < 1.29 is 18.3 Å². The molecule has 1 fully saturated rings. The molecule has 9 nitrogen and oxygen atoms in total. The third kappa shape index (κ3) is 5.47. The number of carbonyl (C=O) groups is 1. The lowest BCUT2D eigenvalue weighted by molar-refractivity contribution is 0.0827. The van der Waals surface area contributed by atoms with Gasteiger partial charge < -0.3 is 24.4 Å². The van der Waals surface area contributed by atoms with E-state index in [9.17, 15) is 9.18 Å². The molecule has 39 heavy (non-hydrogen) atoms. The minimum Gasteiger partial charge on any atom is -0.489 e. The van der Waals surface area contributed by atoms with E-state index in [-0.39, 0.29) is 40.5 Å². The number of nitrogens with one attached hydrogen (secondary N) is 1. The normalized spacial score (nSPS) is 14.2. The summed E-state index contributed by atoms with van der Waals surface area (Å²) in [5.74, 6) is 0.332. The van der Waals surface area contributed by atoms with Crippen molar-refractivity contribution in [2.75, 3.05) is 37.4 Å². The molecule has 0 bridgehead atoms. The highest BCUT2D eigenvalue weighted by Crippen LogP contribution is 2.34. The maximum Gasteiger partial charge on any atom is 0.253 e. The van der Waals surface area contributed by atoms with Gasteiger partial charge in [0.15, 0.2) is 5.82 Å². The molecular formula is C28H31F2N7O2. The summed E-state index contributed by atoms with van der Waals surface area (Å²) in [6, 6.07) is 8.02. The number of benzene rings is 1. The van der Waals surface area contributed by atoms with Crippen LogP contribution in [0.4, 0.5) is 26.1 Å². The maximum absolute atomic E-state index is 15.2. The number of carbonyl (C=O) groups excluding carboxylic acids is 1. The highest BCUT2D eigenvalue weighted by molar-refractivity contribution is 5.95. The van der Waals surface area contributed by atoms with Gasteiger partial charge in [-0.3, -0.25) is 4.79 Å². The van der Waals surface area contributed by atoms with Crippen LogP contribution >= 0.6 is 0 Å². The number of hydrogen-bond donors (Lipinski definition) is 1. The number of fused-ring (bicyclic) bond motifs is 1. The highest BCUT2D eigenvalue weighted by Gasteiger charge is 2.26. The van der Waals surface area contributed by atoms with E-state index in [2.05, 4.69) is 25.2 Å². The minimum atomic E-state index is -0.640. The van der Waals surface area contributed by atoms with Crippen molar-refractivity contribution >= 4 is 34.3 Å². The van der Waals surface area contributed by atoms with Gasteiger partial charge in [-0.15, -0.1) is 0 Å². The van der Waals surface area contributed by atoms with Crippen LogP contribution in [0.3, 0.4) is 0 Å². The average Bonchev–Trinajstić information content (AvgIpc) is 3.26. The minimum absolute atomic E-state index is 0.0348. The van der Waals surface area contributed by atoms with Crippen LogP contribution in [0.15, 0.2) is 49.1 Å². The first-order valence-corrected chi connectivity index (χ1v) is 12.9. The van der Waals surface area contributed by atoms with E-state index in [0.717, 1.165) is 43.6 Å². The fourth-order valence-electron chi connectivity index (χ4n) is 4.82. The molecule has 1 N–H and O–H groups in total. The Balaban J connectivity index is 1.32. The molecule has 1 aliphatic rings. The molecule has 0 atom stereocenters. The number of nitrogens with zero attached hydrogens (tertiary/aromatic N) is 6. The summed E-state index contributed by atoms with van der Waals surface area (Å²) in [6.07, 6.45) is 6.15. The zero-order valence-corrected chi connectivity index (χ0v) is 22.4. The first-order chi connectivity index (χ1) is 18.7. The lowest BCUT2D eigenvalue weighted by Crippen LogP contribution is -2.35. The van der Waals surface area contributed by atoms with Gasteiger partial charge in [-0.1, -0.05) is 0 Å². The molecule has 11 heteroatoms. The van der Waals surface area contributed by atoms with Crippen molar-refractivity contribution in [1.82, 2.24) is 24.4 Å². The smallest absolute Gasteiger partial charge is 0.253 e. The van der Waals surface area contributed by atoms with Crippen LogP contribution in [0, 0.1) is 11.6 Å². The Morgan fingerprint density at radius 1 is 1.08 bits per heavy atom. The van der Waals surface area contributed by atoms with E-state index in [1.165, 1.54) is 29.6 Å². The highest BCUT2D eigenvalue weighted by atomic mass is 19.1. The third-order valence-electron chi connectivity index (χ3n) is 6.71. The molecule has 204 valence electrons. The lowest BCUT2D eigenvalue weighted by atomic mass is 10.0. The molecule has 0 unspecified atom stereocenters. The Morgan fingerprint density at radius 3 is 2.49 bits per heavy atom. The van der Waals surface area contributed by atoms with Crippen LogP contribution in [0.25, 0.3) is 11.0 Å². The molecule has 4 heterocycles. The van der Waals surface area contributed by atoms with E-state index in [1.807, 2.05) is 30.5 Å². The van der Waals surface area contributed by atoms with E-state index in [1.54, 1.807) is 20.3 Å². The van der Waals surface area contributed by atoms with Gasteiger partial charge in [0.2, 0.25) is 0 Å². The van der Waals surface area contributed by atoms with Crippen molar-refractivity contribution in [2.45, 2.75) is 38.8 Å². The van der Waals surface area contributed by atoms with Crippen molar-refractivity contribution in [2.24, 2.45) is 0 Å².